The van der Waals surface area contributed by atoms with Gasteiger partial charge in [0.25, 0.3) is 0 Å². The van der Waals surface area contributed by atoms with E-state index in [-0.39, 0.29) is 11.4 Å². The van der Waals surface area contributed by atoms with Gasteiger partial charge >= 0.3 is 0 Å². The average molecular weight is 247 g/mol. The normalized spacial score (nSPS) is 16.6. The van der Waals surface area contributed by atoms with Gasteiger partial charge in [-0.25, -0.2) is 4.39 Å². The van der Waals surface area contributed by atoms with Crippen LogP contribution in [-0.4, -0.2) is 37.6 Å². The zero-order valence-electron chi connectivity index (χ0n) is 10.7. The summed E-state index contributed by atoms with van der Waals surface area (Å²) < 4.78 is 14.0. The molecule has 4 heteroatoms. The Hall–Kier alpha value is -1.60. The monoisotopic (exact) mass is 247 g/mol. The molecule has 1 aliphatic rings. The van der Waals surface area contributed by atoms with Crippen LogP contribution in [-0.2, 0) is 0 Å². The molecule has 18 heavy (non-hydrogen) atoms. The molecule has 1 aromatic rings. The number of nitriles is 1. The summed E-state index contributed by atoms with van der Waals surface area (Å²) in [4.78, 5) is 4.42. The van der Waals surface area contributed by atoms with Crippen molar-refractivity contribution in [3.63, 3.8) is 0 Å². The Balaban J connectivity index is 2.08. The van der Waals surface area contributed by atoms with E-state index in [2.05, 4.69) is 11.8 Å². The maximum atomic E-state index is 14.0. The van der Waals surface area contributed by atoms with Crippen molar-refractivity contribution in [1.82, 2.24) is 4.90 Å². The van der Waals surface area contributed by atoms with E-state index in [0.29, 0.717) is 5.69 Å². The van der Waals surface area contributed by atoms with Crippen LogP contribution in [0.4, 0.5) is 10.1 Å². The van der Waals surface area contributed by atoms with Crippen LogP contribution in [0.2, 0.25) is 0 Å². The summed E-state index contributed by atoms with van der Waals surface area (Å²) in [5.74, 6) is -0.385. The fraction of sp³-hybridized carbons (Fsp3) is 0.500. The number of benzene rings is 1. The summed E-state index contributed by atoms with van der Waals surface area (Å²) >= 11 is 0. The molecule has 1 aliphatic heterocycles. The van der Waals surface area contributed by atoms with Crippen LogP contribution in [0.25, 0.3) is 0 Å². The van der Waals surface area contributed by atoms with E-state index in [9.17, 15) is 4.39 Å². The maximum Gasteiger partial charge on any atom is 0.164 e. The van der Waals surface area contributed by atoms with Crippen molar-refractivity contribution in [3.8, 4) is 6.07 Å². The summed E-state index contributed by atoms with van der Waals surface area (Å²) in [5.41, 5.74) is 0.689. The molecule has 96 valence electrons. The first-order valence-corrected chi connectivity index (χ1v) is 6.42. The molecule has 0 N–H and O–H groups in total. The number of piperazine rings is 1. The summed E-state index contributed by atoms with van der Waals surface area (Å²) in [7, 11) is 0. The molecule has 1 saturated heterocycles. The molecule has 0 atom stereocenters. The number of halogens is 1. The molecule has 0 aliphatic carbocycles. The second-order valence-corrected chi connectivity index (χ2v) is 4.58. The third kappa shape index (κ3) is 2.62. The van der Waals surface area contributed by atoms with E-state index in [1.807, 2.05) is 11.0 Å². The molecule has 0 amide bonds. The van der Waals surface area contributed by atoms with E-state index in [4.69, 9.17) is 5.26 Å². The molecule has 0 aromatic heterocycles. The Bertz CT molecular complexity index is 445. The van der Waals surface area contributed by atoms with Gasteiger partial charge in [-0.2, -0.15) is 5.26 Å². The van der Waals surface area contributed by atoms with Gasteiger partial charge in [0.05, 0.1) is 11.3 Å². The second kappa shape index (κ2) is 5.83. The molecule has 3 nitrogen and oxygen atoms in total. The predicted molar refractivity (Wildman–Crippen MR) is 70.1 cm³/mol. The van der Waals surface area contributed by atoms with Gasteiger partial charge < -0.3 is 4.90 Å². The van der Waals surface area contributed by atoms with Crippen molar-refractivity contribution in [3.05, 3.63) is 29.6 Å². The highest BCUT2D eigenvalue weighted by atomic mass is 19.1. The van der Waals surface area contributed by atoms with Crippen molar-refractivity contribution in [1.29, 1.82) is 5.26 Å². The number of anilines is 1. The van der Waals surface area contributed by atoms with Crippen LogP contribution in [0.3, 0.4) is 0 Å². The van der Waals surface area contributed by atoms with E-state index >= 15 is 0 Å². The quantitative estimate of drug-likeness (QED) is 0.820. The Morgan fingerprint density at radius 2 is 2.00 bits per heavy atom. The van der Waals surface area contributed by atoms with Gasteiger partial charge in [0, 0.05) is 26.2 Å². The number of hydrogen-bond donors (Lipinski definition) is 0. The Morgan fingerprint density at radius 3 is 2.61 bits per heavy atom. The largest absolute Gasteiger partial charge is 0.367 e. The van der Waals surface area contributed by atoms with Crippen LogP contribution in [0, 0.1) is 17.1 Å². The molecule has 0 saturated carbocycles. The van der Waals surface area contributed by atoms with Crippen LogP contribution in [0.5, 0.6) is 0 Å². The summed E-state index contributed by atoms with van der Waals surface area (Å²) in [5, 5.41) is 8.84. The topological polar surface area (TPSA) is 30.3 Å². The second-order valence-electron chi connectivity index (χ2n) is 4.58. The molecular weight excluding hydrogens is 229 g/mol. The van der Waals surface area contributed by atoms with Gasteiger partial charge in [-0.1, -0.05) is 13.0 Å². The van der Waals surface area contributed by atoms with Crippen LogP contribution >= 0.6 is 0 Å². The third-order valence-electron chi connectivity index (χ3n) is 3.35. The van der Waals surface area contributed by atoms with Gasteiger partial charge in [-0.05, 0) is 25.1 Å². The lowest BCUT2D eigenvalue weighted by Gasteiger charge is -2.36. The molecule has 1 fully saturated rings. The summed E-state index contributed by atoms with van der Waals surface area (Å²) in [6.07, 6.45) is 1.15. The minimum Gasteiger partial charge on any atom is -0.367 e. The minimum absolute atomic E-state index is 0.128. The minimum atomic E-state index is -0.385. The van der Waals surface area contributed by atoms with E-state index in [1.165, 1.54) is 6.07 Å². The lowest BCUT2D eigenvalue weighted by molar-refractivity contribution is 0.258. The highest BCUT2D eigenvalue weighted by Crippen LogP contribution is 2.23. The van der Waals surface area contributed by atoms with Crippen LogP contribution in [0.1, 0.15) is 18.9 Å². The standard InChI is InChI=1S/C14H18FN3/c1-2-6-17-7-9-18(10-8-17)13-5-3-4-12(11-16)14(13)15/h3-5H,2,6-10H2,1H3. The van der Waals surface area contributed by atoms with Crippen molar-refractivity contribution >= 4 is 5.69 Å². The first-order valence-electron chi connectivity index (χ1n) is 6.42. The Labute approximate surface area is 107 Å². The molecule has 2 rings (SSSR count). The Morgan fingerprint density at radius 1 is 1.28 bits per heavy atom. The zero-order chi connectivity index (χ0) is 13.0. The van der Waals surface area contributed by atoms with Crippen molar-refractivity contribution in [2.75, 3.05) is 37.6 Å². The van der Waals surface area contributed by atoms with E-state index < -0.39 is 0 Å². The molecule has 0 spiro atoms. The summed E-state index contributed by atoms with van der Waals surface area (Å²) in [6, 6.07) is 6.91. The number of hydrogen-bond acceptors (Lipinski definition) is 3. The first kappa shape index (κ1) is 12.8. The van der Waals surface area contributed by atoms with E-state index in [0.717, 1.165) is 39.1 Å². The highest BCUT2D eigenvalue weighted by molar-refractivity contribution is 5.53. The van der Waals surface area contributed by atoms with E-state index in [1.54, 1.807) is 12.1 Å². The van der Waals surface area contributed by atoms with Crippen LogP contribution < -0.4 is 4.90 Å². The number of rotatable bonds is 3. The average Bonchev–Trinajstić information content (AvgIpc) is 2.41. The van der Waals surface area contributed by atoms with Gasteiger partial charge in [-0.3, -0.25) is 4.90 Å². The number of nitrogens with zero attached hydrogens (tertiary/aromatic N) is 3. The maximum absolute atomic E-state index is 14.0. The van der Waals surface area contributed by atoms with Crippen LogP contribution in [0.15, 0.2) is 18.2 Å². The fourth-order valence-corrected chi connectivity index (χ4v) is 2.38. The SMILES string of the molecule is CCCN1CCN(c2cccc(C#N)c2F)CC1. The molecular formula is C14H18FN3. The smallest absolute Gasteiger partial charge is 0.164 e. The molecule has 0 bridgehead atoms. The third-order valence-corrected chi connectivity index (χ3v) is 3.35. The van der Waals surface area contributed by atoms with Crippen molar-refractivity contribution in [2.24, 2.45) is 0 Å². The molecule has 1 heterocycles. The molecule has 0 unspecified atom stereocenters. The zero-order valence-corrected chi connectivity index (χ0v) is 10.7. The van der Waals surface area contributed by atoms with Crippen molar-refractivity contribution < 1.29 is 4.39 Å². The molecule has 1 aromatic carbocycles. The fourth-order valence-electron chi connectivity index (χ4n) is 2.38. The van der Waals surface area contributed by atoms with Gasteiger partial charge in [0.1, 0.15) is 6.07 Å². The first-order chi connectivity index (χ1) is 8.76. The summed E-state index contributed by atoms with van der Waals surface area (Å²) in [6.45, 7) is 6.85. The van der Waals surface area contributed by atoms with Gasteiger partial charge in [-0.15, -0.1) is 0 Å². The lowest BCUT2D eigenvalue weighted by atomic mass is 10.1. The van der Waals surface area contributed by atoms with Gasteiger partial charge in [0.15, 0.2) is 5.82 Å². The Kier molecular flexibility index (Phi) is 4.16. The molecule has 0 radical (unpaired) electrons. The highest BCUT2D eigenvalue weighted by Gasteiger charge is 2.19. The lowest BCUT2D eigenvalue weighted by Crippen LogP contribution is -2.46. The van der Waals surface area contributed by atoms with Crippen molar-refractivity contribution in [2.45, 2.75) is 13.3 Å². The predicted octanol–water partition coefficient (Wildman–Crippen LogP) is 2.23. The van der Waals surface area contributed by atoms with Gasteiger partial charge in [0.2, 0.25) is 0 Å².